The maximum atomic E-state index is 11.9. The molecule has 0 bridgehead atoms. The molecule has 17 nitrogen and oxygen atoms in total. The van der Waals surface area contributed by atoms with Crippen molar-refractivity contribution in [3.8, 4) is 0 Å². The minimum atomic E-state index is -1.80. The fraction of sp³-hybridized carbons (Fsp3) is 0.931. The average molecular weight is 668 g/mol. The summed E-state index contributed by atoms with van der Waals surface area (Å²) in [6.07, 6.45) is -15.8. The van der Waals surface area contributed by atoms with Crippen molar-refractivity contribution in [2.45, 2.75) is 143 Å². The lowest BCUT2D eigenvalue weighted by Crippen LogP contribution is -2.65. The maximum absolute atomic E-state index is 11.9. The lowest BCUT2D eigenvalue weighted by atomic mass is 9.73. The van der Waals surface area contributed by atoms with Gasteiger partial charge in [0, 0.05) is 18.8 Å². The average Bonchev–Trinajstić information content (AvgIpc) is 3.00. The van der Waals surface area contributed by atoms with Gasteiger partial charge in [-0.2, -0.15) is 0 Å². The third kappa shape index (κ3) is 8.16. The largest absolute Gasteiger partial charge is 0.481 e. The molecule has 5 fully saturated rings. The van der Waals surface area contributed by atoms with Crippen LogP contribution in [0, 0.1) is 11.8 Å². The first kappa shape index (κ1) is 35.7. The predicted molar refractivity (Wildman–Crippen MR) is 149 cm³/mol. The SMILES string of the molecule is O=C(O)CC(=O)OCC1OC(OC2CC3C(O)CC(O)CC3[OH+]C2C2CCC(O)CC2)C(OC2OCC(O)C(O)C2O)C(O)C1O. The molecule has 3 heterocycles. The minimum Gasteiger partial charge on any atom is -0.481 e. The first-order valence-corrected chi connectivity index (χ1v) is 15.9. The standard InChI is InChI=1S/C29H46O17/c30-12-3-1-11(2-4-12)26-18(7-14-15(32)5-13(31)6-17(14)43-26)44-29-27(46-28-25(40)22(37)16(33)9-42-28)24(39)23(38)19(45-29)10-41-21(36)8-20(34)35/h11-19,22-33,37-40H,1-10H2,(H,34,35)/p+1. The smallest absolute Gasteiger partial charge is 0.317 e. The Morgan fingerprint density at radius 1 is 0.761 bits per heavy atom. The number of hydrogen-bond donors (Lipinski definition) is 9. The third-order valence-corrected chi connectivity index (χ3v) is 9.89. The molecule has 10 N–H and O–H groups in total. The van der Waals surface area contributed by atoms with E-state index in [1.165, 1.54) is 0 Å². The van der Waals surface area contributed by atoms with Gasteiger partial charge in [-0.3, -0.25) is 9.59 Å². The van der Waals surface area contributed by atoms with Crippen LogP contribution in [-0.4, -0.2) is 168 Å². The molecule has 0 aromatic carbocycles. The minimum absolute atomic E-state index is 0.0306. The molecule has 5 aliphatic rings. The Morgan fingerprint density at radius 3 is 2.17 bits per heavy atom. The quantitative estimate of drug-likeness (QED) is 0.0644. The van der Waals surface area contributed by atoms with E-state index in [4.69, 9.17) is 33.5 Å². The Labute approximate surface area is 264 Å². The summed E-state index contributed by atoms with van der Waals surface area (Å²) < 4.78 is 33.6. The van der Waals surface area contributed by atoms with Crippen molar-refractivity contribution in [3.05, 3.63) is 0 Å². The molecule has 3 aliphatic heterocycles. The summed E-state index contributed by atoms with van der Waals surface area (Å²) in [4.78, 5) is 22.8. The Hall–Kier alpha value is -1.58. The molecule has 15 unspecified atom stereocenters. The lowest BCUT2D eigenvalue weighted by Gasteiger charge is -2.49. The zero-order valence-corrected chi connectivity index (χ0v) is 25.2. The molecule has 5 rings (SSSR count). The summed E-state index contributed by atoms with van der Waals surface area (Å²) in [7, 11) is 0. The first-order valence-electron chi connectivity index (χ1n) is 15.9. The Morgan fingerprint density at radius 2 is 1.48 bits per heavy atom. The van der Waals surface area contributed by atoms with E-state index < -0.39 is 117 Å². The van der Waals surface area contributed by atoms with Crippen LogP contribution < -0.4 is 0 Å². The molecular weight excluding hydrogens is 620 g/mol. The van der Waals surface area contributed by atoms with Crippen LogP contribution in [0.25, 0.3) is 0 Å². The fourth-order valence-corrected chi connectivity index (χ4v) is 7.35. The van der Waals surface area contributed by atoms with E-state index >= 15 is 0 Å². The molecule has 17 heteroatoms. The number of carboxylic acids is 1. The highest BCUT2D eigenvalue weighted by Crippen LogP contribution is 2.42. The second-order valence-corrected chi connectivity index (χ2v) is 13.2. The summed E-state index contributed by atoms with van der Waals surface area (Å²) in [6.45, 7) is -1.06. The van der Waals surface area contributed by atoms with Crippen molar-refractivity contribution >= 4 is 11.9 Å². The van der Waals surface area contributed by atoms with Crippen LogP contribution in [0.5, 0.6) is 0 Å². The summed E-state index contributed by atoms with van der Waals surface area (Å²) in [6, 6.07) is 0. The molecule has 2 saturated carbocycles. The molecule has 0 amide bonds. The van der Waals surface area contributed by atoms with Gasteiger partial charge >= 0.3 is 11.9 Å². The molecule has 3 saturated heterocycles. The van der Waals surface area contributed by atoms with E-state index in [2.05, 4.69) is 0 Å². The van der Waals surface area contributed by atoms with Crippen LogP contribution in [0.4, 0.5) is 0 Å². The second-order valence-electron chi connectivity index (χ2n) is 13.2. The molecule has 46 heavy (non-hydrogen) atoms. The highest BCUT2D eigenvalue weighted by Gasteiger charge is 2.55. The maximum Gasteiger partial charge on any atom is 0.317 e. The van der Waals surface area contributed by atoms with E-state index in [1.54, 1.807) is 0 Å². The molecule has 0 radical (unpaired) electrons. The molecule has 15 atom stereocenters. The molecule has 0 spiro atoms. The van der Waals surface area contributed by atoms with Crippen molar-refractivity contribution in [2.24, 2.45) is 11.8 Å². The number of carbonyl (C=O) groups is 2. The number of rotatable bonds is 9. The van der Waals surface area contributed by atoms with Gasteiger partial charge < -0.3 is 74.4 Å². The number of aliphatic hydroxyl groups excluding tert-OH is 8. The number of aliphatic carboxylic acids is 1. The molecule has 2 aliphatic carbocycles. The number of esters is 1. The first-order chi connectivity index (χ1) is 21.8. The summed E-state index contributed by atoms with van der Waals surface area (Å²) >= 11 is 0. The van der Waals surface area contributed by atoms with Gasteiger partial charge in [-0.1, -0.05) is 0 Å². The van der Waals surface area contributed by atoms with Gasteiger partial charge in [-0.05, 0) is 32.1 Å². The third-order valence-electron chi connectivity index (χ3n) is 9.89. The summed E-state index contributed by atoms with van der Waals surface area (Å²) in [5.74, 6) is -2.94. The number of carboxylic acid groups (broad SMARTS) is 1. The number of hydrogen-bond acceptors (Lipinski definition) is 15. The van der Waals surface area contributed by atoms with Gasteiger partial charge in [0.25, 0.3) is 0 Å². The van der Waals surface area contributed by atoms with Crippen LogP contribution in [0.1, 0.15) is 51.4 Å². The Kier molecular flexibility index (Phi) is 11.9. The lowest BCUT2D eigenvalue weighted by molar-refractivity contribution is -0.381. The van der Waals surface area contributed by atoms with Gasteiger partial charge in [0.2, 0.25) is 0 Å². The van der Waals surface area contributed by atoms with Gasteiger partial charge in [-0.15, -0.1) is 0 Å². The zero-order chi connectivity index (χ0) is 33.3. The van der Waals surface area contributed by atoms with Crippen molar-refractivity contribution in [3.63, 3.8) is 0 Å². The van der Waals surface area contributed by atoms with Crippen LogP contribution in [-0.2, 0) is 33.3 Å². The van der Waals surface area contributed by atoms with E-state index in [9.17, 15) is 50.4 Å². The Balaban J connectivity index is 1.39. The molecular formula is C29H47O17+. The fourth-order valence-electron chi connectivity index (χ4n) is 7.35. The Bertz CT molecular complexity index is 1020. The summed E-state index contributed by atoms with van der Waals surface area (Å²) in [5.41, 5.74) is 0. The van der Waals surface area contributed by atoms with E-state index in [0.29, 0.717) is 32.1 Å². The van der Waals surface area contributed by atoms with Crippen molar-refractivity contribution < 1.29 is 84.0 Å². The van der Waals surface area contributed by atoms with Gasteiger partial charge in [0.05, 0.1) is 30.8 Å². The summed E-state index contributed by atoms with van der Waals surface area (Å²) in [5, 5.41) is 92.9. The normalized spacial score (nSPS) is 48.3. The number of carbonyl (C=O) groups excluding carboxylic acids is 1. The second kappa shape index (κ2) is 15.3. The molecule has 264 valence electrons. The van der Waals surface area contributed by atoms with Crippen molar-refractivity contribution in [2.75, 3.05) is 13.2 Å². The highest BCUT2D eigenvalue weighted by molar-refractivity contribution is 5.90. The monoisotopic (exact) mass is 667 g/mol. The topological polar surface area (TPSA) is 275 Å². The highest BCUT2D eigenvalue weighted by atomic mass is 16.8. The predicted octanol–water partition coefficient (Wildman–Crippen LogP) is -3.99. The number of aliphatic hydroxyl groups is 10. The van der Waals surface area contributed by atoms with E-state index in [0.717, 1.165) is 0 Å². The molecule has 0 aromatic heterocycles. The van der Waals surface area contributed by atoms with Gasteiger partial charge in [-0.25, -0.2) is 0 Å². The van der Waals surface area contributed by atoms with Crippen LogP contribution in [0.15, 0.2) is 0 Å². The van der Waals surface area contributed by atoms with E-state index in [1.807, 2.05) is 0 Å². The van der Waals surface area contributed by atoms with Gasteiger partial charge in [0.1, 0.15) is 61.9 Å². The molecule has 0 aromatic rings. The van der Waals surface area contributed by atoms with Crippen molar-refractivity contribution in [1.29, 1.82) is 0 Å². The van der Waals surface area contributed by atoms with Crippen LogP contribution in [0.3, 0.4) is 0 Å². The zero-order valence-electron chi connectivity index (χ0n) is 25.2. The van der Waals surface area contributed by atoms with Crippen molar-refractivity contribution in [1.82, 2.24) is 0 Å². The van der Waals surface area contributed by atoms with Crippen LogP contribution in [0.2, 0.25) is 0 Å². The van der Waals surface area contributed by atoms with Gasteiger partial charge in [0.15, 0.2) is 24.8 Å². The van der Waals surface area contributed by atoms with E-state index in [-0.39, 0.29) is 30.8 Å². The van der Waals surface area contributed by atoms with Crippen LogP contribution >= 0.6 is 0 Å². The number of ether oxygens (including phenoxy) is 6. The number of fused-ring (bicyclic) bond motifs is 1.